The van der Waals surface area contributed by atoms with E-state index in [1.165, 1.54) is 11.3 Å². The molecule has 0 bridgehead atoms. The Hall–Kier alpha value is -3.01. The van der Waals surface area contributed by atoms with Crippen LogP contribution in [0.25, 0.3) is 0 Å². The average Bonchev–Trinajstić information content (AvgIpc) is 3.25. The molecule has 0 radical (unpaired) electrons. The van der Waals surface area contributed by atoms with Crippen molar-refractivity contribution in [2.24, 2.45) is 0 Å². The summed E-state index contributed by atoms with van der Waals surface area (Å²) in [6.45, 7) is 1.84. The molecule has 3 amide bonds. The fraction of sp³-hybridized carbons (Fsp3) is 0.0476. The van der Waals surface area contributed by atoms with Gasteiger partial charge in [0.2, 0.25) is 0 Å². The quantitative estimate of drug-likeness (QED) is 0.470. The van der Waals surface area contributed by atoms with Crippen molar-refractivity contribution in [1.29, 1.82) is 0 Å². The van der Waals surface area contributed by atoms with E-state index < -0.39 is 11.8 Å². The summed E-state index contributed by atoms with van der Waals surface area (Å²) in [5, 5.41) is 7.71. The Morgan fingerprint density at radius 1 is 1.13 bits per heavy atom. The fourth-order valence-corrected chi connectivity index (χ4v) is 4.06. The monoisotopic (exact) mass is 516 g/mol. The molecular formula is C21H14BrClN4O3S. The zero-order valence-electron chi connectivity index (χ0n) is 16.0. The topological polar surface area (TPSA) is 91.4 Å². The summed E-state index contributed by atoms with van der Waals surface area (Å²) < 4.78 is 0.816. The van der Waals surface area contributed by atoms with Crippen LogP contribution >= 0.6 is 38.9 Å². The molecule has 0 unspecified atom stereocenters. The number of amides is 3. The minimum Gasteiger partial charge on any atom is -0.350 e. The smallest absolute Gasteiger partial charge is 0.283 e. The molecular weight excluding hydrogens is 504 g/mol. The van der Waals surface area contributed by atoms with Gasteiger partial charge in [-0.25, -0.2) is 9.88 Å². The number of thiazole rings is 1. The van der Waals surface area contributed by atoms with Crippen LogP contribution in [0.3, 0.4) is 0 Å². The SMILES string of the molecule is Cc1csc(NC(=O)c2cccc(NC3=C(Cl)C(=O)N(c4ccc(Br)cc4)C3=O)c2)n1. The number of hydrogen-bond donors (Lipinski definition) is 2. The van der Waals surface area contributed by atoms with E-state index in [1.54, 1.807) is 48.5 Å². The van der Waals surface area contributed by atoms with Crippen molar-refractivity contribution in [2.45, 2.75) is 6.92 Å². The first-order chi connectivity index (χ1) is 14.8. The van der Waals surface area contributed by atoms with Gasteiger partial charge in [0.05, 0.1) is 11.4 Å². The highest BCUT2D eigenvalue weighted by molar-refractivity contribution is 9.10. The van der Waals surface area contributed by atoms with Gasteiger partial charge in [-0.2, -0.15) is 0 Å². The lowest BCUT2D eigenvalue weighted by molar-refractivity contribution is -0.120. The Bertz CT molecular complexity index is 1240. The summed E-state index contributed by atoms with van der Waals surface area (Å²) in [7, 11) is 0. The van der Waals surface area contributed by atoms with Crippen LogP contribution in [0.2, 0.25) is 0 Å². The molecule has 0 spiro atoms. The molecule has 2 N–H and O–H groups in total. The Morgan fingerprint density at radius 3 is 2.55 bits per heavy atom. The van der Waals surface area contributed by atoms with E-state index in [9.17, 15) is 14.4 Å². The molecule has 2 aromatic carbocycles. The molecule has 3 aromatic rings. The number of hydrogen-bond acceptors (Lipinski definition) is 6. The molecule has 31 heavy (non-hydrogen) atoms. The van der Waals surface area contributed by atoms with Gasteiger partial charge < -0.3 is 5.32 Å². The largest absolute Gasteiger partial charge is 0.350 e. The highest BCUT2D eigenvalue weighted by atomic mass is 79.9. The van der Waals surface area contributed by atoms with Crippen molar-refractivity contribution < 1.29 is 14.4 Å². The average molecular weight is 518 g/mol. The Balaban J connectivity index is 1.54. The van der Waals surface area contributed by atoms with Crippen LogP contribution in [-0.2, 0) is 9.59 Å². The first kappa shape index (κ1) is 21.2. The number of anilines is 3. The van der Waals surface area contributed by atoms with Crippen LogP contribution in [0.1, 0.15) is 16.1 Å². The van der Waals surface area contributed by atoms with Gasteiger partial charge in [0.25, 0.3) is 17.7 Å². The molecule has 1 aliphatic heterocycles. The molecule has 2 heterocycles. The van der Waals surface area contributed by atoms with E-state index in [2.05, 4.69) is 31.5 Å². The number of benzene rings is 2. The maximum Gasteiger partial charge on any atom is 0.283 e. The van der Waals surface area contributed by atoms with Gasteiger partial charge in [-0.05, 0) is 49.4 Å². The van der Waals surface area contributed by atoms with Crippen molar-refractivity contribution in [2.75, 3.05) is 15.5 Å². The first-order valence-corrected chi connectivity index (χ1v) is 11.0. The molecule has 1 aromatic heterocycles. The van der Waals surface area contributed by atoms with Crippen LogP contribution < -0.4 is 15.5 Å². The number of aryl methyl sites for hydroxylation is 1. The predicted octanol–water partition coefficient (Wildman–Crippen LogP) is 4.90. The minimum atomic E-state index is -0.621. The number of carbonyl (C=O) groups is 3. The van der Waals surface area contributed by atoms with E-state index in [0.29, 0.717) is 22.1 Å². The highest BCUT2D eigenvalue weighted by Crippen LogP contribution is 2.31. The molecule has 0 atom stereocenters. The second kappa shape index (κ2) is 8.62. The molecule has 7 nitrogen and oxygen atoms in total. The lowest BCUT2D eigenvalue weighted by atomic mass is 10.2. The first-order valence-electron chi connectivity index (χ1n) is 8.98. The van der Waals surface area contributed by atoms with Crippen molar-refractivity contribution in [1.82, 2.24) is 4.98 Å². The second-order valence-electron chi connectivity index (χ2n) is 6.57. The number of rotatable bonds is 5. The van der Waals surface area contributed by atoms with E-state index in [1.807, 2.05) is 12.3 Å². The van der Waals surface area contributed by atoms with Crippen LogP contribution in [0.15, 0.2) is 69.1 Å². The van der Waals surface area contributed by atoms with Crippen molar-refractivity contribution in [3.63, 3.8) is 0 Å². The lowest BCUT2D eigenvalue weighted by Gasteiger charge is -2.15. The third kappa shape index (κ3) is 4.39. The van der Waals surface area contributed by atoms with Gasteiger partial charge in [0, 0.05) is 21.1 Å². The third-order valence-corrected chi connectivity index (χ3v) is 6.10. The maximum absolute atomic E-state index is 12.9. The predicted molar refractivity (Wildman–Crippen MR) is 124 cm³/mol. The second-order valence-corrected chi connectivity index (χ2v) is 8.72. The molecule has 156 valence electrons. The summed E-state index contributed by atoms with van der Waals surface area (Å²) in [6.07, 6.45) is 0. The zero-order valence-corrected chi connectivity index (χ0v) is 19.1. The van der Waals surface area contributed by atoms with Crippen molar-refractivity contribution >= 4 is 73.1 Å². The van der Waals surface area contributed by atoms with Crippen molar-refractivity contribution in [3.8, 4) is 0 Å². The molecule has 1 aliphatic rings. The van der Waals surface area contributed by atoms with Gasteiger partial charge in [0.15, 0.2) is 5.13 Å². The van der Waals surface area contributed by atoms with Crippen LogP contribution in [0.4, 0.5) is 16.5 Å². The van der Waals surface area contributed by atoms with E-state index in [0.717, 1.165) is 15.1 Å². The van der Waals surface area contributed by atoms with Crippen LogP contribution in [-0.4, -0.2) is 22.7 Å². The van der Waals surface area contributed by atoms with E-state index in [-0.39, 0.29) is 16.6 Å². The zero-order chi connectivity index (χ0) is 22.1. The molecule has 4 rings (SSSR count). The van der Waals surface area contributed by atoms with Crippen LogP contribution in [0.5, 0.6) is 0 Å². The summed E-state index contributed by atoms with van der Waals surface area (Å²) >= 11 is 10.8. The molecule has 0 aliphatic carbocycles. The number of carbonyl (C=O) groups excluding carboxylic acids is 3. The molecule has 0 saturated heterocycles. The fourth-order valence-electron chi connectivity index (χ4n) is 2.90. The Morgan fingerprint density at radius 2 is 1.87 bits per heavy atom. The molecule has 0 saturated carbocycles. The number of halogens is 2. The number of nitrogens with zero attached hydrogens (tertiary/aromatic N) is 2. The normalized spacial score (nSPS) is 13.7. The number of nitrogens with one attached hydrogen (secondary N) is 2. The van der Waals surface area contributed by atoms with Crippen LogP contribution in [0, 0.1) is 6.92 Å². The van der Waals surface area contributed by atoms with Gasteiger partial charge in [-0.3, -0.25) is 19.7 Å². The highest BCUT2D eigenvalue weighted by Gasteiger charge is 2.38. The number of aromatic nitrogens is 1. The minimum absolute atomic E-state index is 0.0531. The molecule has 10 heteroatoms. The van der Waals surface area contributed by atoms with Crippen molar-refractivity contribution in [3.05, 3.63) is 80.4 Å². The Kier molecular flexibility index (Phi) is 5.90. The number of imide groups is 1. The summed E-state index contributed by atoms with van der Waals surface area (Å²) in [5.74, 6) is -1.54. The Labute approximate surface area is 194 Å². The van der Waals surface area contributed by atoms with E-state index >= 15 is 0 Å². The van der Waals surface area contributed by atoms with Gasteiger partial charge in [-0.15, -0.1) is 11.3 Å². The summed E-state index contributed by atoms with van der Waals surface area (Å²) in [5.41, 5.74) is 1.96. The third-order valence-electron chi connectivity index (χ3n) is 4.35. The maximum atomic E-state index is 12.9. The van der Waals surface area contributed by atoms with Gasteiger partial charge >= 0.3 is 0 Å². The van der Waals surface area contributed by atoms with Gasteiger partial charge in [0.1, 0.15) is 10.7 Å². The summed E-state index contributed by atoms with van der Waals surface area (Å²) in [6, 6.07) is 13.2. The lowest BCUT2D eigenvalue weighted by Crippen LogP contribution is -2.32. The standard InChI is InChI=1S/C21H14BrClN4O3S/c1-11-10-31-21(24-11)26-18(28)12-3-2-4-14(9-12)25-17-16(23)19(29)27(20(17)30)15-7-5-13(22)6-8-15/h2-10,25H,1H3,(H,24,26,28). The van der Waals surface area contributed by atoms with Gasteiger partial charge in [-0.1, -0.05) is 33.6 Å². The summed E-state index contributed by atoms with van der Waals surface area (Å²) in [4.78, 5) is 43.2. The van der Waals surface area contributed by atoms with E-state index in [4.69, 9.17) is 11.6 Å². The molecule has 0 fully saturated rings.